The SMILES string of the molecule is ON1CCC[C@@H]2CCCC[C@H]21. The maximum atomic E-state index is 9.54. The topological polar surface area (TPSA) is 23.5 Å². The minimum Gasteiger partial charge on any atom is -0.314 e. The molecule has 11 heavy (non-hydrogen) atoms. The van der Waals surface area contributed by atoms with E-state index in [0.29, 0.717) is 6.04 Å². The number of rotatable bonds is 0. The smallest absolute Gasteiger partial charge is 0.0378 e. The fraction of sp³-hybridized carbons (Fsp3) is 1.00. The summed E-state index contributed by atoms with van der Waals surface area (Å²) < 4.78 is 0. The highest BCUT2D eigenvalue weighted by atomic mass is 16.5. The summed E-state index contributed by atoms with van der Waals surface area (Å²) >= 11 is 0. The van der Waals surface area contributed by atoms with Gasteiger partial charge in [0.25, 0.3) is 0 Å². The van der Waals surface area contributed by atoms with Crippen molar-refractivity contribution < 1.29 is 5.21 Å². The standard InChI is InChI=1S/C9H17NO/c11-10-7-3-5-8-4-1-2-6-9(8)10/h8-9,11H,1-7H2/t8-,9+/m0/s1. The van der Waals surface area contributed by atoms with Crippen LogP contribution < -0.4 is 0 Å². The molecule has 2 nitrogen and oxygen atoms in total. The van der Waals surface area contributed by atoms with E-state index in [1.165, 1.54) is 38.5 Å². The molecular weight excluding hydrogens is 138 g/mol. The van der Waals surface area contributed by atoms with Crippen LogP contribution in [0.5, 0.6) is 0 Å². The highest BCUT2D eigenvalue weighted by Gasteiger charge is 2.32. The predicted molar refractivity (Wildman–Crippen MR) is 43.5 cm³/mol. The molecule has 1 heterocycles. The number of nitrogens with zero attached hydrogens (tertiary/aromatic N) is 1. The zero-order valence-corrected chi connectivity index (χ0v) is 7.00. The summed E-state index contributed by atoms with van der Waals surface area (Å²) in [6.07, 6.45) is 7.82. The lowest BCUT2D eigenvalue weighted by molar-refractivity contribution is -0.167. The molecule has 1 aliphatic carbocycles. The molecule has 0 aromatic carbocycles. The lowest BCUT2D eigenvalue weighted by Gasteiger charge is -2.40. The van der Waals surface area contributed by atoms with Gasteiger partial charge in [0, 0.05) is 12.6 Å². The average molecular weight is 155 g/mol. The molecule has 2 heteroatoms. The second-order valence-corrected chi connectivity index (χ2v) is 3.92. The molecule has 2 atom stereocenters. The first kappa shape index (κ1) is 7.56. The normalized spacial score (nSPS) is 40.1. The minimum absolute atomic E-state index is 0.512. The van der Waals surface area contributed by atoms with E-state index in [9.17, 15) is 5.21 Å². The van der Waals surface area contributed by atoms with E-state index in [4.69, 9.17) is 0 Å². The number of hydrogen-bond acceptors (Lipinski definition) is 2. The van der Waals surface area contributed by atoms with Gasteiger partial charge in [-0.15, -0.1) is 0 Å². The molecule has 0 unspecified atom stereocenters. The maximum Gasteiger partial charge on any atom is 0.0378 e. The molecule has 0 amide bonds. The van der Waals surface area contributed by atoms with Gasteiger partial charge >= 0.3 is 0 Å². The Hall–Kier alpha value is -0.0800. The number of piperidine rings is 1. The van der Waals surface area contributed by atoms with E-state index in [2.05, 4.69) is 0 Å². The first-order valence-electron chi connectivity index (χ1n) is 4.83. The van der Waals surface area contributed by atoms with E-state index in [-0.39, 0.29) is 0 Å². The quantitative estimate of drug-likeness (QED) is 0.578. The molecule has 1 saturated carbocycles. The van der Waals surface area contributed by atoms with Gasteiger partial charge in [0.05, 0.1) is 0 Å². The van der Waals surface area contributed by atoms with E-state index in [1.807, 2.05) is 0 Å². The van der Waals surface area contributed by atoms with Crippen molar-refractivity contribution in [3.05, 3.63) is 0 Å². The highest BCUT2D eigenvalue weighted by molar-refractivity contribution is 4.83. The first-order valence-corrected chi connectivity index (χ1v) is 4.83. The van der Waals surface area contributed by atoms with Crippen molar-refractivity contribution in [2.24, 2.45) is 5.92 Å². The summed E-state index contributed by atoms with van der Waals surface area (Å²) in [5.41, 5.74) is 0. The van der Waals surface area contributed by atoms with Gasteiger partial charge in [-0.25, -0.2) is 0 Å². The van der Waals surface area contributed by atoms with E-state index < -0.39 is 0 Å². The van der Waals surface area contributed by atoms with Gasteiger partial charge in [0.1, 0.15) is 0 Å². The molecule has 0 spiro atoms. The predicted octanol–water partition coefficient (Wildman–Crippen LogP) is 2.03. The summed E-state index contributed by atoms with van der Waals surface area (Å²) in [7, 11) is 0. The average Bonchev–Trinajstić information content (AvgIpc) is 2.06. The first-order chi connectivity index (χ1) is 5.38. The summed E-state index contributed by atoms with van der Waals surface area (Å²) in [6, 6.07) is 0.512. The van der Waals surface area contributed by atoms with Gasteiger partial charge in [0.2, 0.25) is 0 Å². The van der Waals surface area contributed by atoms with Crippen molar-refractivity contribution in [3.63, 3.8) is 0 Å². The van der Waals surface area contributed by atoms with Crippen LogP contribution in [0.2, 0.25) is 0 Å². The molecule has 64 valence electrons. The summed E-state index contributed by atoms with van der Waals surface area (Å²) in [6.45, 7) is 0.904. The Kier molecular flexibility index (Phi) is 2.14. The number of hydrogen-bond donors (Lipinski definition) is 1. The van der Waals surface area contributed by atoms with Crippen molar-refractivity contribution in [2.75, 3.05) is 6.54 Å². The van der Waals surface area contributed by atoms with Crippen LogP contribution in [-0.2, 0) is 0 Å². The molecule has 1 N–H and O–H groups in total. The van der Waals surface area contributed by atoms with E-state index >= 15 is 0 Å². The molecule has 1 aliphatic heterocycles. The largest absolute Gasteiger partial charge is 0.314 e. The van der Waals surface area contributed by atoms with Gasteiger partial charge in [-0.1, -0.05) is 12.8 Å². The lowest BCUT2D eigenvalue weighted by atomic mass is 9.79. The lowest BCUT2D eigenvalue weighted by Crippen LogP contribution is -2.44. The number of fused-ring (bicyclic) bond motifs is 1. The molecule has 0 aromatic rings. The zero-order chi connectivity index (χ0) is 7.68. The van der Waals surface area contributed by atoms with Crippen molar-refractivity contribution in [1.82, 2.24) is 5.06 Å². The Balaban J connectivity index is 1.99. The third-order valence-corrected chi connectivity index (χ3v) is 3.21. The van der Waals surface area contributed by atoms with Crippen molar-refractivity contribution in [1.29, 1.82) is 0 Å². The van der Waals surface area contributed by atoms with Crippen LogP contribution in [0, 0.1) is 5.92 Å². The van der Waals surface area contributed by atoms with Gasteiger partial charge < -0.3 is 5.21 Å². The molecule has 1 saturated heterocycles. The molecule has 0 aromatic heterocycles. The van der Waals surface area contributed by atoms with Crippen molar-refractivity contribution in [2.45, 2.75) is 44.6 Å². The van der Waals surface area contributed by atoms with E-state index in [0.717, 1.165) is 12.5 Å². The second kappa shape index (κ2) is 3.11. The molecule has 2 rings (SSSR count). The Bertz CT molecular complexity index is 136. The third-order valence-electron chi connectivity index (χ3n) is 3.21. The van der Waals surface area contributed by atoms with Gasteiger partial charge in [-0.05, 0) is 31.6 Å². The fourth-order valence-corrected chi connectivity index (χ4v) is 2.60. The van der Waals surface area contributed by atoms with Crippen LogP contribution in [0.25, 0.3) is 0 Å². The maximum absolute atomic E-state index is 9.54. The second-order valence-electron chi connectivity index (χ2n) is 3.92. The van der Waals surface area contributed by atoms with Crippen LogP contribution in [0.4, 0.5) is 0 Å². The minimum atomic E-state index is 0.512. The monoisotopic (exact) mass is 155 g/mol. The summed E-state index contributed by atoms with van der Waals surface area (Å²) in [5, 5.41) is 11.1. The zero-order valence-electron chi connectivity index (χ0n) is 7.00. The van der Waals surface area contributed by atoms with Crippen LogP contribution in [0.3, 0.4) is 0 Å². The third kappa shape index (κ3) is 1.42. The van der Waals surface area contributed by atoms with Crippen LogP contribution in [0.15, 0.2) is 0 Å². The Labute approximate surface area is 68.2 Å². The molecule has 2 aliphatic rings. The highest BCUT2D eigenvalue weighted by Crippen LogP contribution is 2.33. The Morgan fingerprint density at radius 3 is 2.55 bits per heavy atom. The number of hydroxylamine groups is 2. The van der Waals surface area contributed by atoms with Crippen LogP contribution in [0.1, 0.15) is 38.5 Å². The molecule has 0 bridgehead atoms. The summed E-state index contributed by atoms with van der Waals surface area (Å²) in [5.74, 6) is 0.808. The molecule has 0 radical (unpaired) electrons. The Morgan fingerprint density at radius 2 is 1.73 bits per heavy atom. The van der Waals surface area contributed by atoms with Crippen LogP contribution in [-0.4, -0.2) is 22.9 Å². The fourth-order valence-electron chi connectivity index (χ4n) is 2.60. The van der Waals surface area contributed by atoms with Gasteiger partial charge in [-0.3, -0.25) is 0 Å². The molecule has 2 fully saturated rings. The van der Waals surface area contributed by atoms with Crippen molar-refractivity contribution >= 4 is 0 Å². The van der Waals surface area contributed by atoms with Gasteiger partial charge in [0.15, 0.2) is 0 Å². The van der Waals surface area contributed by atoms with Gasteiger partial charge in [-0.2, -0.15) is 5.06 Å². The van der Waals surface area contributed by atoms with E-state index in [1.54, 1.807) is 5.06 Å². The van der Waals surface area contributed by atoms with Crippen LogP contribution >= 0.6 is 0 Å². The molecular formula is C9H17NO. The van der Waals surface area contributed by atoms with Crippen molar-refractivity contribution in [3.8, 4) is 0 Å². The summed E-state index contributed by atoms with van der Waals surface area (Å²) in [4.78, 5) is 0. The Morgan fingerprint density at radius 1 is 1.00 bits per heavy atom.